The van der Waals surface area contributed by atoms with Gasteiger partial charge in [0.15, 0.2) is 0 Å². The second-order valence-corrected chi connectivity index (χ2v) is 9.25. The zero-order valence-corrected chi connectivity index (χ0v) is 16.4. The Hall–Kier alpha value is -2.19. The molecule has 144 valence electrons. The predicted molar refractivity (Wildman–Crippen MR) is 102 cm³/mol. The second kappa shape index (κ2) is 6.76. The Bertz CT molecular complexity index is 983. The summed E-state index contributed by atoms with van der Waals surface area (Å²) in [7, 11) is -3.58. The van der Waals surface area contributed by atoms with Gasteiger partial charge in [-0.25, -0.2) is 18.1 Å². The molecule has 2 aliphatic heterocycles. The van der Waals surface area contributed by atoms with E-state index in [0.29, 0.717) is 13.0 Å². The molecule has 0 saturated heterocycles. The number of benzene rings is 1. The summed E-state index contributed by atoms with van der Waals surface area (Å²) >= 11 is 0. The Labute approximate surface area is 159 Å². The van der Waals surface area contributed by atoms with Crippen LogP contribution in [0, 0.1) is 5.92 Å². The summed E-state index contributed by atoms with van der Waals surface area (Å²) in [5, 5.41) is 0. The van der Waals surface area contributed by atoms with Crippen LogP contribution in [-0.2, 0) is 34.2 Å². The second-order valence-electron chi connectivity index (χ2n) is 7.49. The first-order valence-corrected chi connectivity index (χ1v) is 10.8. The number of carbonyl (C=O) groups excluding carboxylic acids is 1. The Kier molecular flexibility index (Phi) is 4.55. The van der Waals surface area contributed by atoms with Gasteiger partial charge in [0.25, 0.3) is 0 Å². The molecule has 2 aliphatic rings. The van der Waals surface area contributed by atoms with Gasteiger partial charge in [0.05, 0.1) is 4.90 Å². The van der Waals surface area contributed by atoms with Crippen molar-refractivity contribution in [3.05, 3.63) is 42.0 Å². The molecular weight excluding hydrogens is 364 g/mol. The highest BCUT2D eigenvalue weighted by Crippen LogP contribution is 2.33. The zero-order chi connectivity index (χ0) is 19.2. The van der Waals surface area contributed by atoms with Crippen LogP contribution in [0.1, 0.15) is 31.7 Å². The number of aryl methyl sites for hydroxylation is 1. The van der Waals surface area contributed by atoms with E-state index in [1.165, 1.54) is 6.92 Å². The van der Waals surface area contributed by atoms with Gasteiger partial charge in [-0.15, -0.1) is 0 Å². The lowest BCUT2D eigenvalue weighted by atomic mass is 10.00. The zero-order valence-electron chi connectivity index (χ0n) is 15.6. The maximum Gasteiger partial charge on any atom is 0.240 e. The number of nitrogens with one attached hydrogen (secondary N) is 1. The quantitative estimate of drug-likeness (QED) is 0.864. The highest BCUT2D eigenvalue weighted by molar-refractivity contribution is 7.89. The van der Waals surface area contributed by atoms with Gasteiger partial charge in [0.1, 0.15) is 5.82 Å². The number of rotatable bonds is 4. The molecule has 1 N–H and O–H groups in total. The van der Waals surface area contributed by atoms with Crippen LogP contribution in [-0.4, -0.2) is 36.5 Å². The van der Waals surface area contributed by atoms with Crippen molar-refractivity contribution in [3.8, 4) is 0 Å². The van der Waals surface area contributed by atoms with Crippen LogP contribution in [0.3, 0.4) is 0 Å². The number of imidazole rings is 1. The summed E-state index contributed by atoms with van der Waals surface area (Å²) in [5.74, 6) is 1.30. The van der Waals surface area contributed by atoms with E-state index in [1.54, 1.807) is 29.3 Å². The summed E-state index contributed by atoms with van der Waals surface area (Å²) in [6.07, 6.45) is 6.20. The molecule has 1 aromatic heterocycles. The van der Waals surface area contributed by atoms with Crippen LogP contribution >= 0.6 is 0 Å². The fraction of sp³-hybridized carbons (Fsp3) is 0.474. The number of fused-ring (bicyclic) bond motifs is 2. The molecule has 0 fully saturated rings. The van der Waals surface area contributed by atoms with Crippen LogP contribution in [0.5, 0.6) is 0 Å². The van der Waals surface area contributed by atoms with Gasteiger partial charge in [0.2, 0.25) is 15.9 Å². The number of amides is 1. The number of hydrogen-bond acceptors (Lipinski definition) is 4. The molecule has 1 aromatic carbocycles. The molecule has 0 unspecified atom stereocenters. The van der Waals surface area contributed by atoms with Crippen LogP contribution < -0.4 is 9.62 Å². The lowest BCUT2D eigenvalue weighted by molar-refractivity contribution is -0.116. The van der Waals surface area contributed by atoms with Crippen molar-refractivity contribution in [1.29, 1.82) is 0 Å². The summed E-state index contributed by atoms with van der Waals surface area (Å²) in [4.78, 5) is 18.1. The largest absolute Gasteiger partial charge is 0.335 e. The first-order chi connectivity index (χ1) is 12.8. The molecule has 4 rings (SSSR count). The predicted octanol–water partition coefficient (Wildman–Crippen LogP) is 1.72. The molecule has 3 heterocycles. The number of sulfonamides is 1. The van der Waals surface area contributed by atoms with Crippen molar-refractivity contribution in [3.63, 3.8) is 0 Å². The third-order valence-corrected chi connectivity index (χ3v) is 6.93. The average molecular weight is 388 g/mol. The van der Waals surface area contributed by atoms with Gasteiger partial charge in [-0.05, 0) is 49.4 Å². The molecule has 0 radical (unpaired) electrons. The number of anilines is 1. The summed E-state index contributed by atoms with van der Waals surface area (Å²) in [6, 6.07) is 5.08. The van der Waals surface area contributed by atoms with Gasteiger partial charge >= 0.3 is 0 Å². The molecule has 0 bridgehead atoms. The normalized spacial score (nSPS) is 21.8. The van der Waals surface area contributed by atoms with E-state index in [9.17, 15) is 13.2 Å². The van der Waals surface area contributed by atoms with Crippen molar-refractivity contribution in [2.75, 3.05) is 11.4 Å². The minimum Gasteiger partial charge on any atom is -0.335 e. The van der Waals surface area contributed by atoms with Gasteiger partial charge in [-0.3, -0.25) is 4.79 Å². The maximum absolute atomic E-state index is 12.8. The Morgan fingerprint density at radius 1 is 1.37 bits per heavy atom. The molecule has 7 nitrogen and oxygen atoms in total. The average Bonchev–Trinajstić information content (AvgIpc) is 3.21. The maximum atomic E-state index is 12.8. The van der Waals surface area contributed by atoms with Crippen LogP contribution in [0.25, 0.3) is 0 Å². The molecule has 2 aromatic rings. The van der Waals surface area contributed by atoms with E-state index in [2.05, 4.69) is 14.3 Å². The van der Waals surface area contributed by atoms with Gasteiger partial charge in [0, 0.05) is 50.6 Å². The molecular formula is C19H24N4O3S. The van der Waals surface area contributed by atoms with Crippen LogP contribution in [0.2, 0.25) is 0 Å². The SMILES string of the molecule is CC(=O)N1c2ccc(S(=O)(=O)NC[C@@H]3CCc4nccn4C3)cc2C[C@H]1C. The highest BCUT2D eigenvalue weighted by Gasteiger charge is 2.30. The molecule has 27 heavy (non-hydrogen) atoms. The van der Waals surface area contributed by atoms with E-state index in [4.69, 9.17) is 0 Å². The number of carbonyl (C=O) groups is 1. The fourth-order valence-electron chi connectivity index (χ4n) is 4.17. The molecule has 0 spiro atoms. The molecule has 1 amide bonds. The Balaban J connectivity index is 1.47. The lowest BCUT2D eigenvalue weighted by Gasteiger charge is -2.24. The first kappa shape index (κ1) is 18.2. The smallest absolute Gasteiger partial charge is 0.240 e. The van der Waals surface area contributed by atoms with Gasteiger partial charge in [-0.1, -0.05) is 0 Å². The van der Waals surface area contributed by atoms with Crippen molar-refractivity contribution >= 4 is 21.6 Å². The first-order valence-electron chi connectivity index (χ1n) is 9.27. The number of aromatic nitrogens is 2. The van der Waals surface area contributed by atoms with E-state index in [-0.39, 0.29) is 22.8 Å². The van der Waals surface area contributed by atoms with E-state index < -0.39 is 10.0 Å². The minimum atomic E-state index is -3.58. The van der Waals surface area contributed by atoms with E-state index in [1.807, 2.05) is 13.1 Å². The fourth-order valence-corrected chi connectivity index (χ4v) is 5.34. The molecule has 0 aliphatic carbocycles. The summed E-state index contributed by atoms with van der Waals surface area (Å²) < 4.78 is 30.4. The van der Waals surface area contributed by atoms with Gasteiger partial charge < -0.3 is 9.47 Å². The Morgan fingerprint density at radius 2 is 2.19 bits per heavy atom. The molecule has 8 heteroatoms. The Morgan fingerprint density at radius 3 is 2.96 bits per heavy atom. The third-order valence-electron chi connectivity index (χ3n) is 5.51. The van der Waals surface area contributed by atoms with Crippen molar-refractivity contribution in [1.82, 2.24) is 14.3 Å². The van der Waals surface area contributed by atoms with Crippen molar-refractivity contribution in [2.24, 2.45) is 5.92 Å². The highest BCUT2D eigenvalue weighted by atomic mass is 32.2. The summed E-state index contributed by atoms with van der Waals surface area (Å²) in [6.45, 7) is 4.70. The van der Waals surface area contributed by atoms with Crippen LogP contribution in [0.15, 0.2) is 35.5 Å². The van der Waals surface area contributed by atoms with E-state index >= 15 is 0 Å². The lowest BCUT2D eigenvalue weighted by Crippen LogP contribution is -2.34. The minimum absolute atomic E-state index is 0.0221. The summed E-state index contributed by atoms with van der Waals surface area (Å²) in [5.41, 5.74) is 1.72. The topological polar surface area (TPSA) is 84.3 Å². The van der Waals surface area contributed by atoms with Crippen LogP contribution in [0.4, 0.5) is 5.69 Å². The van der Waals surface area contributed by atoms with Gasteiger partial charge in [-0.2, -0.15) is 0 Å². The number of nitrogens with zero attached hydrogens (tertiary/aromatic N) is 3. The van der Waals surface area contributed by atoms with Crippen molar-refractivity contribution in [2.45, 2.75) is 50.6 Å². The molecule has 2 atom stereocenters. The third kappa shape index (κ3) is 3.39. The molecule has 0 saturated carbocycles. The standard InChI is InChI=1S/C19H24N4O3S/c1-13-9-16-10-17(4-5-18(16)23(13)14(2)24)27(25,26)21-11-15-3-6-19-20-7-8-22(19)12-15/h4-5,7-8,10,13,15,21H,3,6,9,11-12H2,1-2H3/t13-,15+/m1/s1. The van der Waals surface area contributed by atoms with Crippen molar-refractivity contribution < 1.29 is 13.2 Å². The number of hydrogen-bond donors (Lipinski definition) is 1. The monoisotopic (exact) mass is 388 g/mol. The van der Waals surface area contributed by atoms with E-state index in [0.717, 1.165) is 36.5 Å².